The third kappa shape index (κ3) is 4.19. The van der Waals surface area contributed by atoms with Crippen molar-refractivity contribution in [1.82, 2.24) is 20.2 Å². The summed E-state index contributed by atoms with van der Waals surface area (Å²) < 4.78 is 0. The Bertz CT molecular complexity index is 786. The number of nitrogens with one attached hydrogen (secondary N) is 1. The van der Waals surface area contributed by atoms with Crippen molar-refractivity contribution in [3.05, 3.63) is 35.2 Å². The van der Waals surface area contributed by atoms with Gasteiger partial charge in [-0.3, -0.25) is 19.8 Å². The van der Waals surface area contributed by atoms with Crippen LogP contribution in [0.3, 0.4) is 0 Å². The number of imide groups is 2. The van der Waals surface area contributed by atoms with Gasteiger partial charge in [0.2, 0.25) is 0 Å². The van der Waals surface area contributed by atoms with Crippen molar-refractivity contribution in [3.8, 4) is 0 Å². The summed E-state index contributed by atoms with van der Waals surface area (Å²) in [7, 11) is 0. The van der Waals surface area contributed by atoms with E-state index in [-0.39, 0.29) is 12.1 Å². The quantitative estimate of drug-likeness (QED) is 0.281. The highest BCUT2D eigenvalue weighted by atomic mass is 32.2. The number of carbonyl (C=O) groups excluding carboxylic acids is 3. The zero-order valence-corrected chi connectivity index (χ0v) is 15.3. The Morgan fingerprint density at radius 3 is 2.65 bits per heavy atom. The van der Waals surface area contributed by atoms with E-state index in [1.165, 1.54) is 29.8 Å². The molecule has 0 radical (unpaired) electrons. The van der Waals surface area contributed by atoms with Gasteiger partial charge in [0.05, 0.1) is 0 Å². The minimum Gasteiger partial charge on any atom is -0.273 e. The Labute approximate surface area is 156 Å². The Kier molecular flexibility index (Phi) is 5.82. The van der Waals surface area contributed by atoms with Crippen molar-refractivity contribution in [2.24, 2.45) is 0 Å². The van der Waals surface area contributed by atoms with E-state index in [2.05, 4.69) is 21.4 Å². The summed E-state index contributed by atoms with van der Waals surface area (Å²) in [6.45, 7) is 0.267. The number of rotatable bonds is 5. The summed E-state index contributed by atoms with van der Waals surface area (Å²) in [6, 6.07) is -0.664. The number of thioether (sulfide) groups is 1. The van der Waals surface area contributed by atoms with Gasteiger partial charge in [-0.1, -0.05) is 23.4 Å². The third-order valence-corrected chi connectivity index (χ3v) is 4.95. The molecule has 1 saturated heterocycles. The van der Waals surface area contributed by atoms with Crippen LogP contribution < -0.4 is 5.32 Å². The van der Waals surface area contributed by atoms with Gasteiger partial charge in [0.15, 0.2) is 5.16 Å². The maximum atomic E-state index is 12.7. The van der Waals surface area contributed by atoms with Crippen molar-refractivity contribution in [2.75, 3.05) is 12.8 Å². The van der Waals surface area contributed by atoms with Gasteiger partial charge in [0.1, 0.15) is 5.57 Å². The molecule has 3 rings (SSSR count). The summed E-state index contributed by atoms with van der Waals surface area (Å²) in [6.07, 6.45) is 13.6. The van der Waals surface area contributed by atoms with Crippen LogP contribution >= 0.6 is 11.8 Å². The number of urea groups is 1. The lowest BCUT2D eigenvalue weighted by Gasteiger charge is -2.27. The van der Waals surface area contributed by atoms with Gasteiger partial charge < -0.3 is 0 Å². The summed E-state index contributed by atoms with van der Waals surface area (Å²) in [5.74, 6) is -1.27. The third-order valence-electron chi connectivity index (χ3n) is 4.37. The second-order valence-electron chi connectivity index (χ2n) is 6.14. The molecule has 1 fully saturated rings. The second-order valence-corrected chi connectivity index (χ2v) is 6.91. The summed E-state index contributed by atoms with van der Waals surface area (Å²) in [4.78, 5) is 46.2. The molecule has 4 amide bonds. The van der Waals surface area contributed by atoms with Crippen LogP contribution in [0.1, 0.15) is 37.7 Å². The average molecular weight is 372 g/mol. The topological polar surface area (TPSA) is 92.3 Å². The zero-order chi connectivity index (χ0) is 18.5. The first-order valence-electron chi connectivity index (χ1n) is 8.51. The van der Waals surface area contributed by atoms with Gasteiger partial charge in [-0.25, -0.2) is 14.8 Å². The standard InChI is InChI=1S/C18H20N4O3S/c1-26-17-19-10-13(11-20-17)9-14-15(23)21-18(25)22(16(14)24)8-7-12-5-3-2-4-6-12/h5,9-11H,2-4,6-8H2,1H3,(H,21,23,25). The molecule has 1 aliphatic heterocycles. The molecule has 0 unspecified atom stereocenters. The first kappa shape index (κ1) is 18.3. The van der Waals surface area contributed by atoms with Gasteiger partial charge >= 0.3 is 6.03 Å². The van der Waals surface area contributed by atoms with E-state index in [0.717, 1.165) is 24.2 Å². The van der Waals surface area contributed by atoms with Gasteiger partial charge in [0.25, 0.3) is 11.8 Å². The van der Waals surface area contributed by atoms with Crippen LogP contribution in [0.15, 0.2) is 34.8 Å². The van der Waals surface area contributed by atoms with Crippen LogP contribution in [0.25, 0.3) is 6.08 Å². The number of carbonyl (C=O) groups is 3. The smallest absolute Gasteiger partial charge is 0.273 e. The van der Waals surface area contributed by atoms with E-state index in [0.29, 0.717) is 17.1 Å². The SMILES string of the molecule is CSc1ncc(C=C2C(=O)NC(=O)N(CCC3=CCCCC3)C2=O)cn1. The molecule has 1 N–H and O–H groups in total. The normalized spacial score (nSPS) is 19.6. The van der Waals surface area contributed by atoms with E-state index in [9.17, 15) is 14.4 Å². The molecule has 136 valence electrons. The van der Waals surface area contributed by atoms with Crippen LogP contribution in [0.4, 0.5) is 4.79 Å². The molecule has 1 aromatic heterocycles. The number of hydrogen-bond donors (Lipinski definition) is 1. The van der Waals surface area contributed by atoms with E-state index in [4.69, 9.17) is 0 Å². The van der Waals surface area contributed by atoms with Gasteiger partial charge in [-0.05, 0) is 44.4 Å². The molecule has 0 bridgehead atoms. The van der Waals surface area contributed by atoms with Crippen molar-refractivity contribution >= 4 is 35.7 Å². The van der Waals surface area contributed by atoms with E-state index < -0.39 is 17.8 Å². The first-order valence-corrected chi connectivity index (χ1v) is 9.74. The maximum absolute atomic E-state index is 12.7. The van der Waals surface area contributed by atoms with Crippen molar-refractivity contribution in [3.63, 3.8) is 0 Å². The lowest BCUT2D eigenvalue weighted by Crippen LogP contribution is -2.54. The number of hydrogen-bond acceptors (Lipinski definition) is 6. The lowest BCUT2D eigenvalue weighted by atomic mass is 9.97. The molecule has 8 heteroatoms. The predicted molar refractivity (Wildman–Crippen MR) is 98.2 cm³/mol. The number of aromatic nitrogens is 2. The zero-order valence-electron chi connectivity index (χ0n) is 14.5. The average Bonchev–Trinajstić information content (AvgIpc) is 2.66. The fourth-order valence-electron chi connectivity index (χ4n) is 2.96. The highest BCUT2D eigenvalue weighted by Crippen LogP contribution is 2.22. The molecular formula is C18H20N4O3S. The molecule has 1 aromatic rings. The summed E-state index contributed by atoms with van der Waals surface area (Å²) in [5, 5.41) is 2.84. The lowest BCUT2D eigenvalue weighted by molar-refractivity contribution is -0.130. The van der Waals surface area contributed by atoms with Crippen molar-refractivity contribution in [1.29, 1.82) is 0 Å². The predicted octanol–water partition coefficient (Wildman–Crippen LogP) is 2.55. The van der Waals surface area contributed by atoms with Gasteiger partial charge in [-0.2, -0.15) is 0 Å². The Morgan fingerprint density at radius 1 is 1.23 bits per heavy atom. The minimum atomic E-state index is -0.693. The highest BCUT2D eigenvalue weighted by Gasteiger charge is 2.35. The fraction of sp³-hybridized carbons (Fsp3) is 0.389. The Morgan fingerprint density at radius 2 is 2.00 bits per heavy atom. The van der Waals surface area contributed by atoms with Crippen molar-refractivity contribution < 1.29 is 14.4 Å². The van der Waals surface area contributed by atoms with Crippen LogP contribution in [-0.4, -0.2) is 45.5 Å². The van der Waals surface area contributed by atoms with E-state index in [1.54, 1.807) is 12.4 Å². The monoisotopic (exact) mass is 372 g/mol. The number of allylic oxidation sites excluding steroid dienone is 1. The van der Waals surface area contributed by atoms with E-state index in [1.807, 2.05) is 6.26 Å². The van der Waals surface area contributed by atoms with Crippen LogP contribution in [0, 0.1) is 0 Å². The van der Waals surface area contributed by atoms with Crippen molar-refractivity contribution in [2.45, 2.75) is 37.3 Å². The largest absolute Gasteiger partial charge is 0.331 e. The Balaban J connectivity index is 1.75. The molecule has 0 saturated carbocycles. The van der Waals surface area contributed by atoms with Crippen LogP contribution in [0.5, 0.6) is 0 Å². The molecule has 0 spiro atoms. The molecule has 2 aliphatic rings. The molecule has 1 aliphatic carbocycles. The highest BCUT2D eigenvalue weighted by molar-refractivity contribution is 7.98. The van der Waals surface area contributed by atoms with Crippen LogP contribution in [-0.2, 0) is 9.59 Å². The molecule has 0 aromatic carbocycles. The molecule has 26 heavy (non-hydrogen) atoms. The first-order chi connectivity index (χ1) is 12.6. The fourth-order valence-corrected chi connectivity index (χ4v) is 3.27. The van der Waals surface area contributed by atoms with E-state index >= 15 is 0 Å². The molecule has 7 nitrogen and oxygen atoms in total. The van der Waals surface area contributed by atoms with Gasteiger partial charge in [0, 0.05) is 24.5 Å². The number of barbiturate groups is 1. The Hall–Kier alpha value is -2.48. The number of nitrogens with zero attached hydrogens (tertiary/aromatic N) is 3. The molecule has 0 atom stereocenters. The minimum absolute atomic E-state index is 0.0808. The molecule has 2 heterocycles. The summed E-state index contributed by atoms with van der Waals surface area (Å²) in [5.41, 5.74) is 1.72. The maximum Gasteiger partial charge on any atom is 0.331 e. The second kappa shape index (κ2) is 8.27. The number of amides is 4. The van der Waals surface area contributed by atoms with Crippen LogP contribution in [0.2, 0.25) is 0 Å². The van der Waals surface area contributed by atoms with Gasteiger partial charge in [-0.15, -0.1) is 0 Å². The molecular weight excluding hydrogens is 352 g/mol. The summed E-state index contributed by atoms with van der Waals surface area (Å²) >= 11 is 1.40.